The van der Waals surface area contributed by atoms with Crippen molar-refractivity contribution in [2.45, 2.75) is 92.1 Å². The van der Waals surface area contributed by atoms with Gasteiger partial charge in [0.1, 0.15) is 18.1 Å². The van der Waals surface area contributed by atoms with Gasteiger partial charge in [0.25, 0.3) is 0 Å². The van der Waals surface area contributed by atoms with Gasteiger partial charge in [0.2, 0.25) is 0 Å². The van der Waals surface area contributed by atoms with Gasteiger partial charge in [0.05, 0.1) is 19.8 Å². The minimum atomic E-state index is -0.976. The third-order valence-electron chi connectivity index (χ3n) is 5.80. The van der Waals surface area contributed by atoms with Crippen molar-refractivity contribution in [3.05, 3.63) is 52.8 Å². The van der Waals surface area contributed by atoms with E-state index in [1.165, 1.54) is 52.6 Å². The minimum Gasteiger partial charge on any atom is -0.498 e. The van der Waals surface area contributed by atoms with E-state index in [1.54, 1.807) is 6.92 Å². The smallest absolute Gasteiger partial charge is 0.196 e. The molecule has 0 bridgehead atoms. The van der Waals surface area contributed by atoms with Gasteiger partial charge in [-0.15, -0.1) is 0 Å². The van der Waals surface area contributed by atoms with Gasteiger partial charge in [-0.25, -0.2) is 8.78 Å². The van der Waals surface area contributed by atoms with Crippen LogP contribution in [-0.2, 0) is 9.47 Å². The molecule has 33 heavy (non-hydrogen) atoms. The molecule has 2 rings (SSSR count). The molecule has 3 nitrogen and oxygen atoms in total. The third kappa shape index (κ3) is 10.3. The summed E-state index contributed by atoms with van der Waals surface area (Å²) in [5.74, 6) is -0.657. The van der Waals surface area contributed by atoms with Gasteiger partial charge < -0.3 is 14.2 Å². The highest BCUT2D eigenvalue weighted by Gasteiger charge is 2.22. The van der Waals surface area contributed by atoms with Crippen molar-refractivity contribution in [3.8, 4) is 5.75 Å². The van der Waals surface area contributed by atoms with Crippen molar-refractivity contribution in [2.24, 2.45) is 5.92 Å². The van der Waals surface area contributed by atoms with Gasteiger partial charge in [-0.2, -0.15) is 0 Å². The van der Waals surface area contributed by atoms with E-state index in [9.17, 15) is 8.78 Å². The molecule has 1 aliphatic rings. The molecule has 1 heterocycles. The second-order valence-electron chi connectivity index (χ2n) is 8.67. The molecule has 188 valence electrons. The first-order chi connectivity index (χ1) is 15.9. The van der Waals surface area contributed by atoms with E-state index in [0.29, 0.717) is 18.1 Å². The Balaban J connectivity index is 0.00000172. The molecule has 1 fully saturated rings. The Morgan fingerprint density at radius 2 is 1.67 bits per heavy atom. The summed E-state index contributed by atoms with van der Waals surface area (Å²) in [6, 6.07) is 7.73. The van der Waals surface area contributed by atoms with Crippen molar-refractivity contribution in [3.63, 3.8) is 0 Å². The topological polar surface area (TPSA) is 27.7 Å². The molecule has 2 atom stereocenters. The largest absolute Gasteiger partial charge is 0.498 e. The first-order valence-electron chi connectivity index (χ1n) is 12.5. The molecule has 1 saturated heterocycles. The van der Waals surface area contributed by atoms with E-state index < -0.39 is 11.7 Å². The van der Waals surface area contributed by atoms with E-state index in [1.807, 2.05) is 24.3 Å². The number of benzene rings is 1. The summed E-state index contributed by atoms with van der Waals surface area (Å²) in [6.45, 7) is 10.5. The first-order valence-corrected chi connectivity index (χ1v) is 12.5. The molecular formula is C28H44F2O3. The summed E-state index contributed by atoms with van der Waals surface area (Å²) in [4.78, 5) is 0. The maximum Gasteiger partial charge on any atom is 0.196 e. The lowest BCUT2D eigenvalue weighted by molar-refractivity contribution is -0.0199. The Hall–Kier alpha value is -1.88. The summed E-state index contributed by atoms with van der Waals surface area (Å²) >= 11 is 0. The Bertz CT molecular complexity index is 717. The fourth-order valence-corrected chi connectivity index (χ4v) is 3.65. The number of hydrogen-bond acceptors (Lipinski definition) is 3. The molecule has 0 N–H and O–H groups in total. The maximum atomic E-state index is 14.3. The van der Waals surface area contributed by atoms with Crippen LogP contribution in [0.4, 0.5) is 8.78 Å². The highest BCUT2D eigenvalue weighted by molar-refractivity contribution is 5.31. The molecule has 5 heteroatoms. The van der Waals surface area contributed by atoms with Crippen LogP contribution in [0.1, 0.15) is 97.7 Å². The molecule has 1 aromatic rings. The van der Waals surface area contributed by atoms with Gasteiger partial charge in [0, 0.05) is 5.57 Å². The number of methoxy groups -OCH3 is 1. The average molecular weight is 467 g/mol. The lowest BCUT2D eigenvalue weighted by Gasteiger charge is -2.29. The van der Waals surface area contributed by atoms with E-state index in [2.05, 4.69) is 20.8 Å². The normalized spacial score (nSPS) is 19.6. The Labute approximate surface area is 200 Å². The zero-order valence-corrected chi connectivity index (χ0v) is 21.5. The monoisotopic (exact) mass is 466 g/mol. The van der Waals surface area contributed by atoms with Crippen molar-refractivity contribution < 1.29 is 23.0 Å². The standard InChI is InChI=1S/C25H36F2O3.C3H8/c1-5-7-8-9-19-10-15-23(30-16-19)21-11-13-22(14-12-21)29-17-20(6-2)25(27)24(26)18(3)28-4;1-3-2/h11-14,19,23H,5-10,15-17H2,1-4H3;3H2,1-2H3/b24-18-,25-20-;. The molecule has 1 aliphatic heterocycles. The minimum absolute atomic E-state index is 0.00847. The molecule has 0 saturated carbocycles. The lowest BCUT2D eigenvalue weighted by Crippen LogP contribution is -2.20. The summed E-state index contributed by atoms with van der Waals surface area (Å²) in [5.41, 5.74) is 1.40. The SMILES string of the molecule is CCC.CCCCCC1CCC(c2ccc(OC/C(CC)=C(F)/C(F)=C(\C)OC)cc2)OC1. The van der Waals surface area contributed by atoms with E-state index in [0.717, 1.165) is 18.6 Å². The second-order valence-corrected chi connectivity index (χ2v) is 8.67. The van der Waals surface area contributed by atoms with Crippen molar-refractivity contribution in [2.75, 3.05) is 20.3 Å². The van der Waals surface area contributed by atoms with Crippen LogP contribution in [0.3, 0.4) is 0 Å². The first kappa shape index (κ1) is 29.2. The molecule has 2 unspecified atom stereocenters. The molecule has 1 aromatic carbocycles. The van der Waals surface area contributed by atoms with Gasteiger partial charge in [-0.05, 0) is 56.2 Å². The van der Waals surface area contributed by atoms with Gasteiger partial charge in [-0.1, -0.05) is 65.5 Å². The number of allylic oxidation sites excluding steroid dienone is 3. The molecule has 0 radical (unpaired) electrons. The Morgan fingerprint density at radius 1 is 1.00 bits per heavy atom. The maximum absolute atomic E-state index is 14.3. The second kappa shape index (κ2) is 16.7. The molecule has 0 amide bonds. The summed E-state index contributed by atoms with van der Waals surface area (Å²) in [6.07, 6.45) is 9.08. The Morgan fingerprint density at radius 3 is 2.18 bits per heavy atom. The number of halogens is 2. The molecule has 0 aromatic heterocycles. The molecule has 0 aliphatic carbocycles. The van der Waals surface area contributed by atoms with Crippen LogP contribution < -0.4 is 4.74 Å². The highest BCUT2D eigenvalue weighted by Crippen LogP contribution is 2.33. The zero-order chi connectivity index (χ0) is 24.6. The van der Waals surface area contributed by atoms with Crippen molar-refractivity contribution in [1.82, 2.24) is 0 Å². The third-order valence-corrected chi connectivity index (χ3v) is 5.80. The van der Waals surface area contributed by atoms with Crippen LogP contribution >= 0.6 is 0 Å². The number of rotatable bonds is 11. The van der Waals surface area contributed by atoms with Crippen LogP contribution in [0.15, 0.2) is 47.3 Å². The van der Waals surface area contributed by atoms with Crippen molar-refractivity contribution >= 4 is 0 Å². The summed E-state index contributed by atoms with van der Waals surface area (Å²) < 4.78 is 44.8. The van der Waals surface area contributed by atoms with Crippen LogP contribution in [0.2, 0.25) is 0 Å². The van der Waals surface area contributed by atoms with Gasteiger partial charge >= 0.3 is 0 Å². The van der Waals surface area contributed by atoms with E-state index in [4.69, 9.17) is 14.2 Å². The quantitative estimate of drug-likeness (QED) is 0.185. The fraction of sp³-hybridized carbons (Fsp3) is 0.643. The number of ether oxygens (including phenoxy) is 3. The summed E-state index contributed by atoms with van der Waals surface area (Å²) in [5, 5.41) is 0. The summed E-state index contributed by atoms with van der Waals surface area (Å²) in [7, 11) is 1.31. The Kier molecular flexibility index (Phi) is 14.7. The zero-order valence-electron chi connectivity index (χ0n) is 21.5. The van der Waals surface area contributed by atoms with Crippen LogP contribution in [0, 0.1) is 5.92 Å². The van der Waals surface area contributed by atoms with Crippen LogP contribution in [0.5, 0.6) is 5.75 Å². The highest BCUT2D eigenvalue weighted by atomic mass is 19.2. The van der Waals surface area contributed by atoms with Gasteiger partial charge in [-0.3, -0.25) is 0 Å². The average Bonchev–Trinajstić information content (AvgIpc) is 2.84. The predicted octanol–water partition coefficient (Wildman–Crippen LogP) is 9.01. The van der Waals surface area contributed by atoms with Crippen LogP contribution in [0.25, 0.3) is 0 Å². The lowest BCUT2D eigenvalue weighted by atomic mass is 9.91. The molecular weight excluding hydrogens is 422 g/mol. The number of unbranched alkanes of at least 4 members (excludes halogenated alkanes) is 2. The van der Waals surface area contributed by atoms with Crippen LogP contribution in [-0.4, -0.2) is 20.3 Å². The van der Waals surface area contributed by atoms with Crippen molar-refractivity contribution in [1.29, 1.82) is 0 Å². The van der Waals surface area contributed by atoms with E-state index >= 15 is 0 Å². The molecule has 0 spiro atoms. The van der Waals surface area contributed by atoms with Gasteiger partial charge in [0.15, 0.2) is 11.7 Å². The van der Waals surface area contributed by atoms with E-state index in [-0.39, 0.29) is 24.0 Å². The fourth-order valence-electron chi connectivity index (χ4n) is 3.65. The predicted molar refractivity (Wildman–Crippen MR) is 133 cm³/mol. The number of hydrogen-bond donors (Lipinski definition) is 0.